The first kappa shape index (κ1) is 22.3. The van der Waals surface area contributed by atoms with E-state index in [9.17, 15) is 5.11 Å². The molecule has 0 aliphatic rings. The van der Waals surface area contributed by atoms with Crippen molar-refractivity contribution < 1.29 is 14.0 Å². The van der Waals surface area contributed by atoms with Crippen molar-refractivity contribution in [2.24, 2.45) is 5.92 Å². The highest BCUT2D eigenvalue weighted by Crippen LogP contribution is 2.38. The maximum atomic E-state index is 9.33. The van der Waals surface area contributed by atoms with Gasteiger partial charge in [0.25, 0.3) is 0 Å². The molecule has 0 saturated carbocycles. The van der Waals surface area contributed by atoms with Gasteiger partial charge < -0.3 is 14.0 Å². The van der Waals surface area contributed by atoms with E-state index in [4.69, 9.17) is 8.85 Å². The van der Waals surface area contributed by atoms with Crippen LogP contribution in [0.15, 0.2) is 0 Å². The molecule has 0 fully saturated rings. The first-order valence-electron chi connectivity index (χ1n) is 8.53. The van der Waals surface area contributed by atoms with E-state index in [-0.39, 0.29) is 22.6 Å². The van der Waals surface area contributed by atoms with E-state index in [2.05, 4.69) is 67.7 Å². The summed E-state index contributed by atoms with van der Waals surface area (Å²) in [6.45, 7) is 24.2. The van der Waals surface area contributed by atoms with E-state index in [0.717, 1.165) is 6.42 Å². The Morgan fingerprint density at radius 1 is 0.773 bits per heavy atom. The summed E-state index contributed by atoms with van der Waals surface area (Å²) in [4.78, 5) is 0. The van der Waals surface area contributed by atoms with Gasteiger partial charge in [0.2, 0.25) is 0 Å². The Morgan fingerprint density at radius 3 is 1.32 bits per heavy atom. The van der Waals surface area contributed by atoms with Gasteiger partial charge in [-0.05, 0) is 42.7 Å². The first-order chi connectivity index (χ1) is 9.64. The van der Waals surface area contributed by atoms with E-state index in [1.165, 1.54) is 0 Å². The highest BCUT2D eigenvalue weighted by atomic mass is 28.4. The second-order valence-corrected chi connectivity index (χ2v) is 19.1. The summed E-state index contributed by atoms with van der Waals surface area (Å²) >= 11 is 0. The van der Waals surface area contributed by atoms with Crippen molar-refractivity contribution in [1.29, 1.82) is 0 Å². The third kappa shape index (κ3) is 6.83. The second kappa shape index (κ2) is 7.92. The van der Waals surface area contributed by atoms with Crippen LogP contribution in [0.1, 0.15) is 48.0 Å². The lowest BCUT2D eigenvalue weighted by molar-refractivity contribution is 0.131. The van der Waals surface area contributed by atoms with Gasteiger partial charge in [-0.25, -0.2) is 0 Å². The Kier molecular flexibility index (Phi) is 8.04. The number of aliphatic hydroxyl groups is 1. The van der Waals surface area contributed by atoms with Gasteiger partial charge in [0.1, 0.15) is 0 Å². The third-order valence-electron chi connectivity index (χ3n) is 5.51. The van der Waals surface area contributed by atoms with Gasteiger partial charge in [-0.3, -0.25) is 0 Å². The molecule has 0 amide bonds. The van der Waals surface area contributed by atoms with Crippen LogP contribution < -0.4 is 0 Å². The van der Waals surface area contributed by atoms with Crippen LogP contribution in [-0.2, 0) is 8.85 Å². The third-order valence-corrected chi connectivity index (χ3v) is 14.5. The lowest BCUT2D eigenvalue weighted by Crippen LogP contribution is -2.44. The Morgan fingerprint density at radius 2 is 1.09 bits per heavy atom. The Balaban J connectivity index is 4.64. The zero-order chi connectivity index (χ0) is 17.8. The molecule has 0 aromatic carbocycles. The van der Waals surface area contributed by atoms with Gasteiger partial charge in [-0.1, -0.05) is 41.5 Å². The molecule has 0 aliphatic heterocycles. The van der Waals surface area contributed by atoms with Crippen LogP contribution in [0.5, 0.6) is 0 Å². The predicted octanol–water partition coefficient (Wildman–Crippen LogP) is 5.03. The van der Waals surface area contributed by atoms with Gasteiger partial charge in [-0.15, -0.1) is 0 Å². The average molecular weight is 349 g/mol. The molecule has 0 unspecified atom stereocenters. The van der Waals surface area contributed by atoms with E-state index in [0.29, 0.717) is 13.2 Å². The second-order valence-electron chi connectivity index (χ2n) is 9.52. The molecule has 3 nitrogen and oxygen atoms in total. The molecule has 0 rings (SSSR count). The summed E-state index contributed by atoms with van der Waals surface area (Å²) in [6, 6.07) is 0. The van der Waals surface area contributed by atoms with Crippen LogP contribution in [0.2, 0.25) is 36.3 Å². The molecule has 0 aliphatic carbocycles. The van der Waals surface area contributed by atoms with Crippen LogP contribution in [-0.4, -0.2) is 41.6 Å². The number of aliphatic hydroxyl groups excluding tert-OH is 1. The lowest BCUT2D eigenvalue weighted by atomic mass is 10.1. The van der Waals surface area contributed by atoms with E-state index < -0.39 is 16.6 Å². The molecule has 0 atom stereocenters. The van der Waals surface area contributed by atoms with Crippen molar-refractivity contribution >= 4 is 16.6 Å². The van der Waals surface area contributed by atoms with Gasteiger partial charge in [-0.2, -0.15) is 0 Å². The zero-order valence-corrected chi connectivity index (χ0v) is 18.7. The highest BCUT2D eigenvalue weighted by Gasteiger charge is 2.39. The maximum absolute atomic E-state index is 9.33. The smallest absolute Gasteiger partial charge is 0.191 e. The minimum atomic E-state index is -1.73. The Bertz CT molecular complexity index is 298. The van der Waals surface area contributed by atoms with E-state index in [1.54, 1.807) is 0 Å². The van der Waals surface area contributed by atoms with Crippen LogP contribution in [0.25, 0.3) is 0 Å². The summed E-state index contributed by atoms with van der Waals surface area (Å²) in [5, 5.41) is 9.77. The minimum absolute atomic E-state index is 0.201. The van der Waals surface area contributed by atoms with Crippen molar-refractivity contribution in [3.8, 4) is 0 Å². The van der Waals surface area contributed by atoms with Gasteiger partial charge in [0.15, 0.2) is 16.6 Å². The standard InChI is InChI=1S/C17H40O3Si2/c1-16(2,3)21(7,8)19-13-15(11-12-18)14-20-22(9,10)17(4,5)6/h15,18H,11-14H2,1-10H3. The number of hydrogen-bond acceptors (Lipinski definition) is 3. The van der Waals surface area contributed by atoms with E-state index >= 15 is 0 Å². The SMILES string of the molecule is CC(C)(C)[Si](C)(C)OCC(CCO)CO[Si](C)(C)C(C)(C)C. The molecular weight excluding hydrogens is 308 g/mol. The summed E-state index contributed by atoms with van der Waals surface area (Å²) in [7, 11) is -3.47. The molecule has 134 valence electrons. The highest BCUT2D eigenvalue weighted by molar-refractivity contribution is 6.74. The van der Waals surface area contributed by atoms with Crippen LogP contribution in [0.3, 0.4) is 0 Å². The summed E-state index contributed by atoms with van der Waals surface area (Å²) in [6.07, 6.45) is 0.753. The monoisotopic (exact) mass is 348 g/mol. The van der Waals surface area contributed by atoms with Crippen LogP contribution in [0.4, 0.5) is 0 Å². The fourth-order valence-electron chi connectivity index (χ4n) is 1.48. The zero-order valence-electron chi connectivity index (χ0n) is 16.7. The lowest BCUT2D eigenvalue weighted by Gasteiger charge is -2.39. The Labute approximate surface area is 141 Å². The number of hydrogen-bond donors (Lipinski definition) is 1. The normalized spacial score (nSPS) is 14.7. The molecule has 0 heterocycles. The number of rotatable bonds is 8. The fourth-order valence-corrected chi connectivity index (χ4v) is 3.65. The topological polar surface area (TPSA) is 38.7 Å². The molecule has 0 bridgehead atoms. The van der Waals surface area contributed by atoms with Crippen molar-refractivity contribution in [3.05, 3.63) is 0 Å². The molecule has 0 aromatic rings. The van der Waals surface area contributed by atoms with Gasteiger partial charge in [0.05, 0.1) is 0 Å². The van der Waals surface area contributed by atoms with Crippen LogP contribution in [0, 0.1) is 5.92 Å². The largest absolute Gasteiger partial charge is 0.416 e. The first-order valence-corrected chi connectivity index (χ1v) is 14.3. The fraction of sp³-hybridized carbons (Fsp3) is 1.00. The molecule has 0 spiro atoms. The predicted molar refractivity (Wildman–Crippen MR) is 101 cm³/mol. The molecule has 0 aromatic heterocycles. The van der Waals surface area contributed by atoms with Crippen LogP contribution >= 0.6 is 0 Å². The molecule has 5 heteroatoms. The molecule has 22 heavy (non-hydrogen) atoms. The molecule has 1 N–H and O–H groups in total. The van der Waals surface area contributed by atoms with Crippen molar-refractivity contribution in [2.45, 2.75) is 84.2 Å². The van der Waals surface area contributed by atoms with Crippen molar-refractivity contribution in [3.63, 3.8) is 0 Å². The van der Waals surface area contributed by atoms with E-state index in [1.807, 2.05) is 0 Å². The van der Waals surface area contributed by atoms with Crippen molar-refractivity contribution in [1.82, 2.24) is 0 Å². The summed E-state index contributed by atoms with van der Waals surface area (Å²) < 4.78 is 12.6. The van der Waals surface area contributed by atoms with Crippen molar-refractivity contribution in [2.75, 3.05) is 19.8 Å². The summed E-state index contributed by atoms with van der Waals surface area (Å²) in [5.74, 6) is 0.285. The average Bonchev–Trinajstić information content (AvgIpc) is 2.30. The molecular formula is C17H40O3Si2. The molecule has 0 radical (unpaired) electrons. The summed E-state index contributed by atoms with van der Waals surface area (Å²) in [5.41, 5.74) is 0. The quantitative estimate of drug-likeness (QED) is 0.625. The van der Waals surface area contributed by atoms with Gasteiger partial charge >= 0.3 is 0 Å². The van der Waals surface area contributed by atoms with Gasteiger partial charge in [0, 0.05) is 25.7 Å². The Hall–Kier alpha value is 0.314. The maximum Gasteiger partial charge on any atom is 0.191 e. The minimum Gasteiger partial charge on any atom is -0.416 e. The molecule has 0 saturated heterocycles.